The molecule has 0 aromatic heterocycles. The van der Waals surface area contributed by atoms with Gasteiger partial charge in [0.25, 0.3) is 0 Å². The van der Waals surface area contributed by atoms with Crippen molar-refractivity contribution in [2.24, 2.45) is 5.92 Å². The summed E-state index contributed by atoms with van der Waals surface area (Å²) in [7, 11) is 0. The van der Waals surface area contributed by atoms with Crippen molar-refractivity contribution in [1.29, 1.82) is 0 Å². The zero-order valence-electron chi connectivity index (χ0n) is 17.6. The van der Waals surface area contributed by atoms with Crippen LogP contribution in [0.3, 0.4) is 0 Å². The molecular weight excluding hydrogens is 362 g/mol. The molecule has 2 amide bonds. The number of hydrogen-bond donors (Lipinski definition) is 2. The van der Waals surface area contributed by atoms with Crippen molar-refractivity contribution in [3.05, 3.63) is 59.2 Å². The number of likely N-dealkylation sites (tertiary alicyclic amines) is 1. The summed E-state index contributed by atoms with van der Waals surface area (Å²) in [6, 6.07) is 13.9. The van der Waals surface area contributed by atoms with Crippen molar-refractivity contribution in [2.45, 2.75) is 40.0 Å². The molecule has 2 N–H and O–H groups in total. The molecule has 0 bridgehead atoms. The molecule has 5 heteroatoms. The molecule has 0 radical (unpaired) electrons. The number of benzene rings is 2. The summed E-state index contributed by atoms with van der Waals surface area (Å²) in [5, 5.41) is 6.07. The van der Waals surface area contributed by atoms with Crippen LogP contribution in [0.2, 0.25) is 0 Å². The minimum atomic E-state index is -0.00646. The molecule has 0 atom stereocenters. The van der Waals surface area contributed by atoms with Gasteiger partial charge in [0.05, 0.1) is 6.54 Å². The van der Waals surface area contributed by atoms with Crippen LogP contribution in [0.25, 0.3) is 0 Å². The van der Waals surface area contributed by atoms with Crippen LogP contribution < -0.4 is 10.6 Å². The summed E-state index contributed by atoms with van der Waals surface area (Å²) < 4.78 is 0. The molecule has 1 saturated heterocycles. The molecule has 1 aliphatic rings. The van der Waals surface area contributed by atoms with Gasteiger partial charge in [-0.15, -0.1) is 0 Å². The lowest BCUT2D eigenvalue weighted by Crippen LogP contribution is -2.41. The van der Waals surface area contributed by atoms with Gasteiger partial charge in [-0.25, -0.2) is 0 Å². The third-order valence-electron chi connectivity index (χ3n) is 5.77. The molecule has 154 valence electrons. The SMILES string of the molecule is CCc1ccccc1NC(=O)C1CCN(CC(=O)Nc2ccc(C)c(C)c2)CC1. The van der Waals surface area contributed by atoms with E-state index in [1.165, 1.54) is 11.1 Å². The fraction of sp³-hybridized carbons (Fsp3) is 0.417. The third-order valence-corrected chi connectivity index (χ3v) is 5.77. The zero-order chi connectivity index (χ0) is 20.8. The number of hydrogen-bond acceptors (Lipinski definition) is 3. The van der Waals surface area contributed by atoms with Crippen LogP contribution >= 0.6 is 0 Å². The predicted octanol–water partition coefficient (Wildman–Crippen LogP) is 4.16. The van der Waals surface area contributed by atoms with E-state index in [2.05, 4.69) is 29.4 Å². The molecule has 3 rings (SSSR count). The highest BCUT2D eigenvalue weighted by Gasteiger charge is 2.26. The maximum absolute atomic E-state index is 12.7. The topological polar surface area (TPSA) is 61.4 Å². The standard InChI is InChI=1S/C24H31N3O2/c1-4-19-7-5-6-8-22(19)26-24(29)20-11-13-27(14-12-20)16-23(28)25-21-10-9-17(2)18(3)15-21/h5-10,15,20H,4,11-14,16H2,1-3H3,(H,25,28)(H,26,29). The number of anilines is 2. The molecular formula is C24H31N3O2. The number of para-hydroxylation sites is 1. The van der Waals surface area contributed by atoms with Crippen LogP contribution in [0.15, 0.2) is 42.5 Å². The summed E-state index contributed by atoms with van der Waals surface area (Å²) in [5.74, 6) is 0.0807. The number of carbonyl (C=O) groups excluding carboxylic acids is 2. The second-order valence-electron chi connectivity index (χ2n) is 7.90. The molecule has 2 aromatic carbocycles. The first-order valence-corrected chi connectivity index (χ1v) is 10.4. The van der Waals surface area contributed by atoms with E-state index in [9.17, 15) is 9.59 Å². The Labute approximate surface area is 173 Å². The highest BCUT2D eigenvalue weighted by atomic mass is 16.2. The number of nitrogens with zero attached hydrogens (tertiary/aromatic N) is 1. The highest BCUT2D eigenvalue weighted by Crippen LogP contribution is 2.22. The van der Waals surface area contributed by atoms with E-state index in [1.54, 1.807) is 0 Å². The quantitative estimate of drug-likeness (QED) is 0.775. The zero-order valence-corrected chi connectivity index (χ0v) is 17.6. The normalized spacial score (nSPS) is 15.1. The summed E-state index contributed by atoms with van der Waals surface area (Å²) >= 11 is 0. The Kier molecular flexibility index (Phi) is 7.04. The minimum absolute atomic E-state index is 0.000952. The number of nitrogens with one attached hydrogen (secondary N) is 2. The minimum Gasteiger partial charge on any atom is -0.326 e. The van der Waals surface area contributed by atoms with Gasteiger partial charge in [0, 0.05) is 17.3 Å². The fourth-order valence-electron chi connectivity index (χ4n) is 3.76. The molecule has 0 unspecified atom stereocenters. The van der Waals surface area contributed by atoms with E-state index >= 15 is 0 Å². The van der Waals surface area contributed by atoms with E-state index in [1.807, 2.05) is 49.4 Å². The van der Waals surface area contributed by atoms with Crippen LogP contribution in [0.5, 0.6) is 0 Å². The summed E-state index contributed by atoms with van der Waals surface area (Å²) in [5.41, 5.74) is 5.28. The Balaban J connectivity index is 1.46. The first-order valence-electron chi connectivity index (χ1n) is 10.4. The van der Waals surface area contributed by atoms with Gasteiger partial charge in [-0.05, 0) is 81.1 Å². The third kappa shape index (κ3) is 5.67. The average Bonchev–Trinajstić information content (AvgIpc) is 2.71. The summed E-state index contributed by atoms with van der Waals surface area (Å²) in [6.45, 7) is 8.07. The maximum Gasteiger partial charge on any atom is 0.238 e. The lowest BCUT2D eigenvalue weighted by Gasteiger charge is -2.30. The molecule has 1 fully saturated rings. The second-order valence-corrected chi connectivity index (χ2v) is 7.90. The van der Waals surface area contributed by atoms with Crippen molar-refractivity contribution in [2.75, 3.05) is 30.3 Å². The predicted molar refractivity (Wildman–Crippen MR) is 118 cm³/mol. The Morgan fingerprint density at radius 2 is 1.72 bits per heavy atom. The van der Waals surface area contributed by atoms with E-state index in [-0.39, 0.29) is 17.7 Å². The van der Waals surface area contributed by atoms with Gasteiger partial charge in [-0.1, -0.05) is 31.2 Å². The monoisotopic (exact) mass is 393 g/mol. The van der Waals surface area contributed by atoms with Gasteiger partial charge in [0.1, 0.15) is 0 Å². The highest BCUT2D eigenvalue weighted by molar-refractivity contribution is 5.94. The van der Waals surface area contributed by atoms with Crippen molar-refractivity contribution in [1.82, 2.24) is 4.90 Å². The molecule has 1 heterocycles. The van der Waals surface area contributed by atoms with Crippen LogP contribution in [-0.4, -0.2) is 36.3 Å². The number of amides is 2. The van der Waals surface area contributed by atoms with E-state index in [0.717, 1.165) is 49.3 Å². The van der Waals surface area contributed by atoms with Crippen LogP contribution in [-0.2, 0) is 16.0 Å². The number of piperidine rings is 1. The van der Waals surface area contributed by atoms with Gasteiger partial charge in [-0.3, -0.25) is 14.5 Å². The lowest BCUT2D eigenvalue weighted by atomic mass is 9.95. The van der Waals surface area contributed by atoms with Gasteiger partial charge in [0.15, 0.2) is 0 Å². The first-order chi connectivity index (χ1) is 14.0. The Morgan fingerprint density at radius 3 is 2.41 bits per heavy atom. The first kappa shape index (κ1) is 21.1. The lowest BCUT2D eigenvalue weighted by molar-refractivity contribution is -0.121. The van der Waals surface area contributed by atoms with Crippen molar-refractivity contribution in [3.63, 3.8) is 0 Å². The van der Waals surface area contributed by atoms with Gasteiger partial charge in [0.2, 0.25) is 11.8 Å². The summed E-state index contributed by atoms with van der Waals surface area (Å²) in [4.78, 5) is 27.2. The van der Waals surface area contributed by atoms with E-state index in [0.29, 0.717) is 6.54 Å². The second kappa shape index (κ2) is 9.70. The van der Waals surface area contributed by atoms with Crippen LogP contribution in [0, 0.1) is 19.8 Å². The fourth-order valence-corrected chi connectivity index (χ4v) is 3.76. The van der Waals surface area contributed by atoms with Crippen molar-refractivity contribution in [3.8, 4) is 0 Å². The van der Waals surface area contributed by atoms with Crippen LogP contribution in [0.1, 0.15) is 36.5 Å². The Bertz CT molecular complexity index is 870. The smallest absolute Gasteiger partial charge is 0.238 e. The number of rotatable bonds is 6. The van der Waals surface area contributed by atoms with Gasteiger partial charge >= 0.3 is 0 Å². The van der Waals surface area contributed by atoms with E-state index < -0.39 is 0 Å². The molecule has 0 spiro atoms. The van der Waals surface area contributed by atoms with Gasteiger partial charge in [-0.2, -0.15) is 0 Å². The molecule has 1 aliphatic heterocycles. The maximum atomic E-state index is 12.7. The van der Waals surface area contributed by atoms with Crippen molar-refractivity contribution < 1.29 is 9.59 Å². The Morgan fingerprint density at radius 1 is 1.00 bits per heavy atom. The average molecular weight is 394 g/mol. The molecule has 5 nitrogen and oxygen atoms in total. The molecule has 0 saturated carbocycles. The molecule has 0 aliphatic carbocycles. The van der Waals surface area contributed by atoms with Crippen molar-refractivity contribution >= 4 is 23.2 Å². The number of aryl methyl sites for hydroxylation is 3. The van der Waals surface area contributed by atoms with Crippen LogP contribution in [0.4, 0.5) is 11.4 Å². The largest absolute Gasteiger partial charge is 0.326 e. The molecule has 2 aromatic rings. The molecule has 29 heavy (non-hydrogen) atoms. The van der Waals surface area contributed by atoms with E-state index in [4.69, 9.17) is 0 Å². The van der Waals surface area contributed by atoms with Gasteiger partial charge < -0.3 is 10.6 Å². The summed E-state index contributed by atoms with van der Waals surface area (Å²) in [6.07, 6.45) is 2.44. The number of carbonyl (C=O) groups is 2. The Hall–Kier alpha value is -2.66.